The van der Waals surface area contributed by atoms with Crippen LogP contribution in [-0.2, 0) is 11.2 Å². The summed E-state index contributed by atoms with van der Waals surface area (Å²) in [7, 11) is 1.54. The van der Waals surface area contributed by atoms with Crippen molar-refractivity contribution in [1.82, 2.24) is 14.9 Å². The molecule has 0 bridgehead atoms. The first-order chi connectivity index (χ1) is 16.1. The Hall–Kier alpha value is -2.91. The molecular weight excluding hydrogens is 456 g/mol. The Balaban J connectivity index is 1.28. The molecule has 33 heavy (non-hydrogen) atoms. The van der Waals surface area contributed by atoms with Crippen molar-refractivity contribution in [3.63, 3.8) is 0 Å². The summed E-state index contributed by atoms with van der Waals surface area (Å²) in [5.74, 6) is 0.661. The number of thioether (sulfide) groups is 1. The summed E-state index contributed by atoms with van der Waals surface area (Å²) in [4.78, 5) is 37.1. The minimum atomic E-state index is -0.260. The predicted molar refractivity (Wildman–Crippen MR) is 131 cm³/mol. The van der Waals surface area contributed by atoms with Gasteiger partial charge < -0.3 is 15.0 Å². The quantitative estimate of drug-likeness (QED) is 0.500. The molecule has 0 saturated carbocycles. The van der Waals surface area contributed by atoms with Crippen molar-refractivity contribution in [2.24, 2.45) is 0 Å². The number of piperidine rings is 1. The first-order valence-electron chi connectivity index (χ1n) is 10.7. The zero-order valence-corrected chi connectivity index (χ0v) is 20.2. The Morgan fingerprint density at radius 1 is 1.18 bits per heavy atom. The van der Waals surface area contributed by atoms with Crippen LogP contribution < -0.4 is 10.1 Å². The lowest BCUT2D eigenvalue weighted by Crippen LogP contribution is -2.38. The van der Waals surface area contributed by atoms with Gasteiger partial charge in [-0.25, -0.2) is 9.97 Å². The highest BCUT2D eigenvalue weighted by atomic mass is 32.2. The number of methoxy groups -OCH3 is 1. The van der Waals surface area contributed by atoms with Crippen molar-refractivity contribution in [2.45, 2.75) is 30.1 Å². The standard InChI is InChI=1S/C24H26N4O3S2/c1-31-21-8-5-18(14-25-21)26-23(30)20-15-33-24(27-20)17-9-11-28(12-10-17)22(29)13-16-3-6-19(32-2)7-4-16/h3-8,14-15,17H,9-13H2,1-2H3,(H,26,30). The number of ether oxygens (including phenoxy) is 1. The van der Waals surface area contributed by atoms with Crippen molar-refractivity contribution >= 4 is 40.6 Å². The van der Waals surface area contributed by atoms with E-state index in [0.717, 1.165) is 23.4 Å². The molecule has 9 heteroatoms. The fraction of sp³-hybridized carbons (Fsp3) is 0.333. The van der Waals surface area contributed by atoms with E-state index in [9.17, 15) is 9.59 Å². The number of benzene rings is 1. The molecule has 1 aromatic carbocycles. The second kappa shape index (κ2) is 10.8. The van der Waals surface area contributed by atoms with Gasteiger partial charge in [-0.2, -0.15) is 0 Å². The number of thiazole rings is 1. The van der Waals surface area contributed by atoms with Crippen LogP contribution in [-0.4, -0.2) is 53.1 Å². The lowest BCUT2D eigenvalue weighted by atomic mass is 9.97. The maximum Gasteiger partial charge on any atom is 0.275 e. The summed E-state index contributed by atoms with van der Waals surface area (Å²) in [6.07, 6.45) is 5.73. The lowest BCUT2D eigenvalue weighted by Gasteiger charge is -2.31. The molecule has 0 unspecified atom stereocenters. The summed E-state index contributed by atoms with van der Waals surface area (Å²) in [5.41, 5.74) is 2.03. The molecule has 1 N–H and O–H groups in total. The molecular formula is C24H26N4O3S2. The van der Waals surface area contributed by atoms with Gasteiger partial charge in [0.1, 0.15) is 5.69 Å². The minimum Gasteiger partial charge on any atom is -0.481 e. The molecule has 4 rings (SSSR count). The molecule has 0 spiro atoms. The fourth-order valence-corrected chi connectivity index (χ4v) is 5.13. The average molecular weight is 483 g/mol. The summed E-state index contributed by atoms with van der Waals surface area (Å²) in [6.45, 7) is 1.43. The van der Waals surface area contributed by atoms with E-state index in [4.69, 9.17) is 4.74 Å². The van der Waals surface area contributed by atoms with Gasteiger partial charge in [0.15, 0.2) is 0 Å². The van der Waals surface area contributed by atoms with E-state index in [2.05, 4.69) is 27.4 Å². The Morgan fingerprint density at radius 3 is 2.58 bits per heavy atom. The summed E-state index contributed by atoms with van der Waals surface area (Å²) in [5, 5.41) is 5.55. The highest BCUT2D eigenvalue weighted by Crippen LogP contribution is 2.31. The number of nitrogens with zero attached hydrogens (tertiary/aromatic N) is 3. The number of aromatic nitrogens is 2. The van der Waals surface area contributed by atoms with E-state index >= 15 is 0 Å². The predicted octanol–water partition coefficient (Wildman–Crippen LogP) is 4.47. The van der Waals surface area contributed by atoms with Gasteiger partial charge in [0.2, 0.25) is 11.8 Å². The Labute approximate surface area is 201 Å². The van der Waals surface area contributed by atoms with Crippen LogP contribution in [0.25, 0.3) is 0 Å². The third-order valence-corrected chi connectivity index (χ3v) is 7.42. The highest BCUT2D eigenvalue weighted by Gasteiger charge is 2.26. The van der Waals surface area contributed by atoms with Crippen LogP contribution in [0.5, 0.6) is 5.88 Å². The van der Waals surface area contributed by atoms with Gasteiger partial charge >= 0.3 is 0 Å². The number of hydrogen-bond acceptors (Lipinski definition) is 7. The number of nitrogens with one attached hydrogen (secondary N) is 1. The molecule has 7 nitrogen and oxygen atoms in total. The third kappa shape index (κ3) is 5.91. The van der Waals surface area contributed by atoms with E-state index in [-0.39, 0.29) is 17.7 Å². The Kier molecular flexibility index (Phi) is 7.61. The number of anilines is 1. The monoisotopic (exact) mass is 482 g/mol. The van der Waals surface area contributed by atoms with E-state index in [0.29, 0.717) is 36.8 Å². The zero-order valence-electron chi connectivity index (χ0n) is 18.6. The largest absolute Gasteiger partial charge is 0.481 e. The number of carbonyl (C=O) groups excluding carboxylic acids is 2. The zero-order chi connectivity index (χ0) is 23.2. The number of hydrogen-bond donors (Lipinski definition) is 1. The molecule has 0 aliphatic carbocycles. The molecule has 172 valence electrons. The fourth-order valence-electron chi connectivity index (χ4n) is 3.76. The van der Waals surface area contributed by atoms with Crippen LogP contribution in [0.4, 0.5) is 5.69 Å². The van der Waals surface area contributed by atoms with Crippen LogP contribution in [0, 0.1) is 0 Å². The van der Waals surface area contributed by atoms with Gasteiger partial charge in [0, 0.05) is 35.3 Å². The van der Waals surface area contributed by atoms with Crippen LogP contribution >= 0.6 is 23.1 Å². The van der Waals surface area contributed by atoms with Gasteiger partial charge in [-0.15, -0.1) is 23.1 Å². The molecule has 1 saturated heterocycles. The summed E-state index contributed by atoms with van der Waals surface area (Å²) < 4.78 is 5.03. The van der Waals surface area contributed by atoms with Gasteiger partial charge in [-0.05, 0) is 42.9 Å². The smallest absolute Gasteiger partial charge is 0.275 e. The van der Waals surface area contributed by atoms with Crippen LogP contribution in [0.3, 0.4) is 0 Å². The van der Waals surface area contributed by atoms with Crippen LogP contribution in [0.2, 0.25) is 0 Å². The van der Waals surface area contributed by atoms with Crippen molar-refractivity contribution in [2.75, 3.05) is 31.8 Å². The van der Waals surface area contributed by atoms with Crippen molar-refractivity contribution < 1.29 is 14.3 Å². The Bertz CT molecular complexity index is 1090. The van der Waals surface area contributed by atoms with Gasteiger partial charge in [-0.3, -0.25) is 9.59 Å². The average Bonchev–Trinajstić information content (AvgIpc) is 3.36. The summed E-state index contributed by atoms with van der Waals surface area (Å²) >= 11 is 3.20. The normalized spacial score (nSPS) is 14.2. The SMILES string of the molecule is COc1ccc(NC(=O)c2csc(C3CCN(C(=O)Cc4ccc(SC)cc4)CC3)n2)cn1. The number of pyridine rings is 1. The lowest BCUT2D eigenvalue weighted by molar-refractivity contribution is -0.131. The molecule has 1 aliphatic rings. The topological polar surface area (TPSA) is 84.4 Å². The van der Waals surface area contributed by atoms with Crippen molar-refractivity contribution in [3.8, 4) is 5.88 Å². The highest BCUT2D eigenvalue weighted by molar-refractivity contribution is 7.98. The van der Waals surface area contributed by atoms with E-state index < -0.39 is 0 Å². The molecule has 0 atom stereocenters. The molecule has 1 aliphatic heterocycles. The van der Waals surface area contributed by atoms with E-state index in [1.807, 2.05) is 23.3 Å². The van der Waals surface area contributed by atoms with Crippen LogP contribution in [0.15, 0.2) is 52.9 Å². The maximum atomic E-state index is 12.7. The molecule has 3 heterocycles. The van der Waals surface area contributed by atoms with E-state index in [1.165, 1.54) is 16.2 Å². The van der Waals surface area contributed by atoms with Crippen molar-refractivity contribution in [1.29, 1.82) is 0 Å². The second-order valence-electron chi connectivity index (χ2n) is 7.79. The molecule has 2 aromatic heterocycles. The maximum absolute atomic E-state index is 12.7. The Morgan fingerprint density at radius 2 is 1.94 bits per heavy atom. The van der Waals surface area contributed by atoms with Gasteiger partial charge in [0.25, 0.3) is 5.91 Å². The molecule has 1 fully saturated rings. The number of rotatable bonds is 7. The van der Waals surface area contributed by atoms with Crippen molar-refractivity contribution in [3.05, 3.63) is 64.2 Å². The first-order valence-corrected chi connectivity index (χ1v) is 12.8. The number of likely N-dealkylation sites (tertiary alicyclic amines) is 1. The first kappa shape index (κ1) is 23.3. The number of amides is 2. The molecule has 3 aromatic rings. The van der Waals surface area contributed by atoms with Crippen LogP contribution in [0.1, 0.15) is 39.8 Å². The number of carbonyl (C=O) groups is 2. The molecule has 2 amide bonds. The third-order valence-electron chi connectivity index (χ3n) is 5.67. The summed E-state index contributed by atoms with van der Waals surface area (Å²) in [6, 6.07) is 11.6. The second-order valence-corrected chi connectivity index (χ2v) is 9.56. The van der Waals surface area contributed by atoms with Gasteiger partial charge in [-0.1, -0.05) is 12.1 Å². The van der Waals surface area contributed by atoms with Gasteiger partial charge in [0.05, 0.1) is 30.4 Å². The van der Waals surface area contributed by atoms with E-state index in [1.54, 1.807) is 42.6 Å². The minimum absolute atomic E-state index is 0.164. The molecule has 0 radical (unpaired) electrons.